The van der Waals surface area contributed by atoms with E-state index < -0.39 is 0 Å². The fourth-order valence-electron chi connectivity index (χ4n) is 0.477. The summed E-state index contributed by atoms with van der Waals surface area (Å²) in [4.78, 5) is 5.13. The summed E-state index contributed by atoms with van der Waals surface area (Å²) in [5.74, 6) is 0.567. The first-order valence-corrected chi connectivity index (χ1v) is 2.54. The van der Waals surface area contributed by atoms with E-state index in [-0.39, 0.29) is 0 Å². The molecule has 0 saturated carbocycles. The molecule has 0 bridgehead atoms. The van der Waals surface area contributed by atoms with Crippen molar-refractivity contribution in [3.63, 3.8) is 0 Å². The molecule has 0 aliphatic rings. The van der Waals surface area contributed by atoms with Gasteiger partial charge in [-0.05, 0) is 0 Å². The van der Waals surface area contributed by atoms with Gasteiger partial charge in [-0.3, -0.25) is 9.89 Å². The van der Waals surface area contributed by atoms with Crippen molar-refractivity contribution >= 4 is 5.96 Å². The highest BCUT2D eigenvalue weighted by Crippen LogP contribution is 1.77. The molecule has 50 valence electrons. The Morgan fingerprint density at radius 1 is 1.78 bits per heavy atom. The van der Waals surface area contributed by atoms with Crippen molar-refractivity contribution in [2.24, 2.45) is 4.99 Å². The van der Waals surface area contributed by atoms with E-state index >= 15 is 0 Å². The predicted molar refractivity (Wildman–Crippen MR) is 35.8 cm³/mol. The zero-order chi connectivity index (χ0) is 7.28. The number of hydrogen-bond donors (Lipinski definition) is 1. The molecule has 0 aliphatic heterocycles. The van der Waals surface area contributed by atoms with E-state index in [9.17, 15) is 0 Å². The van der Waals surface area contributed by atoms with Gasteiger partial charge in [-0.1, -0.05) is 0 Å². The Balaban J connectivity index is 4.01. The Bertz CT molecular complexity index is 144. The second kappa shape index (κ2) is 3.72. The molecule has 0 heterocycles. The van der Waals surface area contributed by atoms with Crippen LogP contribution in [0.5, 0.6) is 0 Å². The van der Waals surface area contributed by atoms with Crippen LogP contribution in [0.2, 0.25) is 0 Å². The van der Waals surface area contributed by atoms with Crippen LogP contribution in [0.4, 0.5) is 0 Å². The average molecular weight is 126 g/mol. The molecule has 0 rings (SSSR count). The molecule has 0 amide bonds. The minimum absolute atomic E-state index is 0.567. The molecule has 0 unspecified atom stereocenters. The quantitative estimate of drug-likeness (QED) is 0.208. The topological polar surface area (TPSA) is 51.4 Å². The standard InChI is InChI=1S/C5H10N4/c1-7-5(8-2)9(3)4-6/h1-3H3,(H,7,8). The number of nitriles is 1. The largest absolute Gasteiger partial charge is 0.358 e. The van der Waals surface area contributed by atoms with Gasteiger partial charge in [-0.25, -0.2) is 0 Å². The highest BCUT2D eigenvalue weighted by Gasteiger charge is 1.97. The van der Waals surface area contributed by atoms with Crippen LogP contribution in [0.1, 0.15) is 0 Å². The van der Waals surface area contributed by atoms with Crippen LogP contribution < -0.4 is 5.32 Å². The molecule has 0 aromatic heterocycles. The summed E-state index contributed by atoms with van der Waals surface area (Å²) in [6.45, 7) is 0. The zero-order valence-electron chi connectivity index (χ0n) is 5.84. The summed E-state index contributed by atoms with van der Waals surface area (Å²) in [5.41, 5.74) is 0. The van der Waals surface area contributed by atoms with Crippen LogP contribution >= 0.6 is 0 Å². The Morgan fingerprint density at radius 3 is 2.44 bits per heavy atom. The van der Waals surface area contributed by atoms with Gasteiger partial charge in [0.25, 0.3) is 0 Å². The number of hydrogen-bond acceptors (Lipinski definition) is 2. The summed E-state index contributed by atoms with van der Waals surface area (Å²) < 4.78 is 0. The average Bonchev–Trinajstić information content (AvgIpc) is 1.90. The van der Waals surface area contributed by atoms with E-state index in [4.69, 9.17) is 5.26 Å². The lowest BCUT2D eigenvalue weighted by molar-refractivity contribution is 0.675. The maximum absolute atomic E-state index is 8.32. The fraction of sp³-hybridized carbons (Fsp3) is 0.600. The monoisotopic (exact) mass is 126 g/mol. The maximum atomic E-state index is 8.32. The van der Waals surface area contributed by atoms with Gasteiger partial charge in [-0.15, -0.1) is 0 Å². The molecule has 0 spiro atoms. The second-order valence-corrected chi connectivity index (χ2v) is 1.46. The second-order valence-electron chi connectivity index (χ2n) is 1.46. The van der Waals surface area contributed by atoms with Crippen LogP contribution in [-0.4, -0.2) is 32.0 Å². The third-order valence-electron chi connectivity index (χ3n) is 0.903. The van der Waals surface area contributed by atoms with E-state index in [1.165, 1.54) is 4.90 Å². The van der Waals surface area contributed by atoms with Crippen molar-refractivity contribution in [3.05, 3.63) is 0 Å². The van der Waals surface area contributed by atoms with Crippen LogP contribution in [0.3, 0.4) is 0 Å². The van der Waals surface area contributed by atoms with E-state index in [0.29, 0.717) is 5.96 Å². The van der Waals surface area contributed by atoms with Gasteiger partial charge in [0.2, 0.25) is 5.96 Å². The third-order valence-corrected chi connectivity index (χ3v) is 0.903. The molecule has 0 aromatic rings. The lowest BCUT2D eigenvalue weighted by atomic mass is 10.8. The van der Waals surface area contributed by atoms with Gasteiger partial charge >= 0.3 is 0 Å². The van der Waals surface area contributed by atoms with Crippen molar-refractivity contribution in [1.29, 1.82) is 5.26 Å². The maximum Gasteiger partial charge on any atom is 0.206 e. The van der Waals surface area contributed by atoms with Crippen LogP contribution in [0.15, 0.2) is 4.99 Å². The van der Waals surface area contributed by atoms with Crippen molar-refractivity contribution in [3.8, 4) is 6.19 Å². The minimum atomic E-state index is 0.567. The summed E-state index contributed by atoms with van der Waals surface area (Å²) in [7, 11) is 4.98. The lowest BCUT2D eigenvalue weighted by Gasteiger charge is -2.09. The lowest BCUT2D eigenvalue weighted by Crippen LogP contribution is -2.32. The normalized spacial score (nSPS) is 10.2. The molecular formula is C5H10N4. The number of aliphatic imine (C=N–C) groups is 1. The first kappa shape index (κ1) is 7.76. The molecule has 0 atom stereocenters. The molecule has 0 saturated heterocycles. The molecular weight excluding hydrogens is 116 g/mol. The summed E-state index contributed by atoms with van der Waals surface area (Å²) >= 11 is 0. The van der Waals surface area contributed by atoms with Gasteiger partial charge in [0.05, 0.1) is 0 Å². The predicted octanol–water partition coefficient (Wildman–Crippen LogP) is -0.396. The molecule has 0 aliphatic carbocycles. The Hall–Kier alpha value is -1.24. The molecule has 4 heteroatoms. The first-order valence-electron chi connectivity index (χ1n) is 2.54. The van der Waals surface area contributed by atoms with Crippen molar-refractivity contribution < 1.29 is 0 Å². The smallest absolute Gasteiger partial charge is 0.206 e. The summed E-state index contributed by atoms with van der Waals surface area (Å²) in [6.07, 6.45) is 1.91. The number of guanidine groups is 1. The molecule has 0 radical (unpaired) electrons. The number of nitrogens with one attached hydrogen (secondary N) is 1. The fourth-order valence-corrected chi connectivity index (χ4v) is 0.477. The van der Waals surface area contributed by atoms with Crippen LogP contribution in [-0.2, 0) is 0 Å². The molecule has 0 fully saturated rings. The third kappa shape index (κ3) is 2.00. The Labute approximate surface area is 54.8 Å². The molecule has 0 aromatic carbocycles. The van der Waals surface area contributed by atoms with Crippen LogP contribution in [0, 0.1) is 11.5 Å². The molecule has 4 nitrogen and oxygen atoms in total. The van der Waals surface area contributed by atoms with Crippen molar-refractivity contribution in [2.45, 2.75) is 0 Å². The highest BCUT2D eigenvalue weighted by molar-refractivity contribution is 5.80. The SMILES string of the molecule is CN=C(NC)N(C)C#N. The van der Waals surface area contributed by atoms with Gasteiger partial charge in [0, 0.05) is 21.1 Å². The Morgan fingerprint density at radius 2 is 2.33 bits per heavy atom. The summed E-state index contributed by atoms with van der Waals surface area (Å²) in [5, 5.41) is 11.1. The number of rotatable bonds is 0. The van der Waals surface area contributed by atoms with Crippen molar-refractivity contribution in [1.82, 2.24) is 10.2 Å². The highest BCUT2D eigenvalue weighted by atomic mass is 15.3. The van der Waals surface area contributed by atoms with Gasteiger partial charge in [0.15, 0.2) is 6.19 Å². The first-order chi connectivity index (χ1) is 4.26. The Kier molecular flexibility index (Phi) is 3.21. The van der Waals surface area contributed by atoms with Crippen molar-refractivity contribution in [2.75, 3.05) is 21.1 Å². The molecule has 9 heavy (non-hydrogen) atoms. The van der Waals surface area contributed by atoms with Gasteiger partial charge in [0.1, 0.15) is 0 Å². The minimum Gasteiger partial charge on any atom is -0.358 e. The number of nitrogens with zero attached hydrogens (tertiary/aromatic N) is 3. The summed E-state index contributed by atoms with van der Waals surface area (Å²) in [6, 6.07) is 0. The van der Waals surface area contributed by atoms with E-state index in [0.717, 1.165) is 0 Å². The van der Waals surface area contributed by atoms with Crippen LogP contribution in [0.25, 0.3) is 0 Å². The molecule has 1 N–H and O–H groups in total. The zero-order valence-corrected chi connectivity index (χ0v) is 5.84. The van der Waals surface area contributed by atoms with Gasteiger partial charge < -0.3 is 5.32 Å². The van der Waals surface area contributed by atoms with E-state index in [1.807, 2.05) is 6.19 Å². The van der Waals surface area contributed by atoms with E-state index in [1.54, 1.807) is 21.1 Å². The van der Waals surface area contributed by atoms with Gasteiger partial charge in [-0.2, -0.15) is 5.26 Å². The van der Waals surface area contributed by atoms with E-state index in [2.05, 4.69) is 10.3 Å².